The summed E-state index contributed by atoms with van der Waals surface area (Å²) in [6.07, 6.45) is 3.77. The van der Waals surface area contributed by atoms with E-state index in [-0.39, 0.29) is 12.4 Å². The Morgan fingerprint density at radius 1 is 1.46 bits per heavy atom. The SMILES string of the molecule is Cl.NCCCOc1cncc(Cl)n1. The van der Waals surface area contributed by atoms with Gasteiger partial charge in [-0.15, -0.1) is 12.4 Å². The summed E-state index contributed by atoms with van der Waals surface area (Å²) in [4.78, 5) is 7.70. The van der Waals surface area contributed by atoms with E-state index in [1.54, 1.807) is 0 Å². The van der Waals surface area contributed by atoms with Gasteiger partial charge in [0.1, 0.15) is 0 Å². The first kappa shape index (κ1) is 12.4. The van der Waals surface area contributed by atoms with E-state index < -0.39 is 0 Å². The highest BCUT2D eigenvalue weighted by molar-refractivity contribution is 6.29. The van der Waals surface area contributed by atoms with Gasteiger partial charge in [-0.1, -0.05) is 11.6 Å². The minimum Gasteiger partial charge on any atom is -0.476 e. The van der Waals surface area contributed by atoms with Crippen LogP contribution in [-0.4, -0.2) is 23.1 Å². The molecule has 0 saturated heterocycles. The first-order valence-corrected chi connectivity index (χ1v) is 4.01. The van der Waals surface area contributed by atoms with Crippen molar-refractivity contribution in [1.29, 1.82) is 0 Å². The van der Waals surface area contributed by atoms with Crippen molar-refractivity contribution in [1.82, 2.24) is 9.97 Å². The van der Waals surface area contributed by atoms with Crippen LogP contribution in [0.2, 0.25) is 5.15 Å². The molecule has 1 aromatic heterocycles. The van der Waals surface area contributed by atoms with Crippen LogP contribution < -0.4 is 10.5 Å². The van der Waals surface area contributed by atoms with Crippen LogP contribution in [0.1, 0.15) is 6.42 Å². The van der Waals surface area contributed by atoms with Crippen molar-refractivity contribution in [2.75, 3.05) is 13.2 Å². The molecule has 1 rings (SSSR count). The molecule has 0 atom stereocenters. The second kappa shape index (κ2) is 6.88. The summed E-state index contributed by atoms with van der Waals surface area (Å²) in [6, 6.07) is 0. The lowest BCUT2D eigenvalue weighted by atomic mass is 10.5. The van der Waals surface area contributed by atoms with Gasteiger partial charge in [0, 0.05) is 0 Å². The third-order valence-electron chi connectivity index (χ3n) is 1.18. The molecule has 1 heterocycles. The fourth-order valence-corrected chi connectivity index (χ4v) is 0.795. The predicted molar refractivity (Wildman–Crippen MR) is 53.5 cm³/mol. The molecule has 0 aromatic carbocycles. The summed E-state index contributed by atoms with van der Waals surface area (Å²) in [6.45, 7) is 1.15. The molecule has 0 saturated carbocycles. The van der Waals surface area contributed by atoms with Gasteiger partial charge in [-0.2, -0.15) is 4.98 Å². The van der Waals surface area contributed by atoms with E-state index in [2.05, 4.69) is 9.97 Å². The minimum absolute atomic E-state index is 0. The van der Waals surface area contributed by atoms with Gasteiger partial charge in [0.25, 0.3) is 0 Å². The van der Waals surface area contributed by atoms with Crippen LogP contribution in [0.4, 0.5) is 0 Å². The Hall–Kier alpha value is -0.580. The number of aromatic nitrogens is 2. The van der Waals surface area contributed by atoms with E-state index in [1.807, 2.05) is 0 Å². The summed E-state index contributed by atoms with van der Waals surface area (Å²) < 4.78 is 5.19. The molecular formula is C7H11Cl2N3O. The van der Waals surface area contributed by atoms with Gasteiger partial charge in [0.2, 0.25) is 5.88 Å². The van der Waals surface area contributed by atoms with Crippen molar-refractivity contribution < 1.29 is 4.74 Å². The average molecular weight is 224 g/mol. The lowest BCUT2D eigenvalue weighted by Gasteiger charge is -2.02. The van der Waals surface area contributed by atoms with E-state index >= 15 is 0 Å². The fraction of sp³-hybridized carbons (Fsp3) is 0.429. The van der Waals surface area contributed by atoms with Gasteiger partial charge in [0.05, 0.1) is 19.0 Å². The number of rotatable bonds is 4. The minimum atomic E-state index is 0. The van der Waals surface area contributed by atoms with E-state index in [1.165, 1.54) is 12.4 Å². The van der Waals surface area contributed by atoms with Crippen LogP contribution >= 0.6 is 24.0 Å². The van der Waals surface area contributed by atoms with Crippen LogP contribution in [0.25, 0.3) is 0 Å². The Morgan fingerprint density at radius 2 is 2.23 bits per heavy atom. The normalized spacial score (nSPS) is 9.08. The molecule has 0 amide bonds. The number of nitrogens with zero attached hydrogens (tertiary/aromatic N) is 2. The van der Waals surface area contributed by atoms with Crippen LogP contribution in [0.5, 0.6) is 5.88 Å². The monoisotopic (exact) mass is 223 g/mol. The van der Waals surface area contributed by atoms with Gasteiger partial charge in [-0.25, -0.2) is 0 Å². The Labute approximate surface area is 87.9 Å². The Balaban J connectivity index is 0.00000144. The average Bonchev–Trinajstić information content (AvgIpc) is 2.05. The largest absolute Gasteiger partial charge is 0.476 e. The molecule has 0 aliphatic rings. The van der Waals surface area contributed by atoms with Crippen molar-refractivity contribution in [3.05, 3.63) is 17.5 Å². The molecule has 6 heteroatoms. The van der Waals surface area contributed by atoms with Gasteiger partial charge in [-0.05, 0) is 13.0 Å². The maximum absolute atomic E-state index is 5.58. The van der Waals surface area contributed by atoms with Gasteiger partial charge in [0.15, 0.2) is 5.15 Å². The quantitative estimate of drug-likeness (QED) is 0.782. The summed E-state index contributed by atoms with van der Waals surface area (Å²) in [5.74, 6) is 0.441. The zero-order chi connectivity index (χ0) is 8.81. The van der Waals surface area contributed by atoms with Crippen LogP contribution in [0.15, 0.2) is 12.4 Å². The molecule has 1 aromatic rings. The first-order valence-electron chi connectivity index (χ1n) is 3.63. The number of hydrogen-bond acceptors (Lipinski definition) is 4. The van der Waals surface area contributed by atoms with Gasteiger partial charge in [-0.3, -0.25) is 4.98 Å². The number of nitrogens with two attached hydrogens (primary N) is 1. The molecule has 0 unspecified atom stereocenters. The number of hydrogen-bond donors (Lipinski definition) is 1. The van der Waals surface area contributed by atoms with Crippen molar-refractivity contribution in [2.24, 2.45) is 5.73 Å². The maximum Gasteiger partial charge on any atom is 0.233 e. The lowest BCUT2D eigenvalue weighted by molar-refractivity contribution is 0.300. The summed E-state index contributed by atoms with van der Waals surface area (Å²) in [5.41, 5.74) is 5.28. The highest BCUT2D eigenvalue weighted by Crippen LogP contribution is 2.08. The third kappa shape index (κ3) is 4.87. The maximum atomic E-state index is 5.58. The summed E-state index contributed by atoms with van der Waals surface area (Å²) >= 11 is 5.58. The molecule has 74 valence electrons. The Morgan fingerprint density at radius 3 is 2.85 bits per heavy atom. The zero-order valence-electron chi connectivity index (χ0n) is 6.94. The molecule has 0 spiro atoms. The molecule has 0 aliphatic carbocycles. The zero-order valence-corrected chi connectivity index (χ0v) is 8.51. The highest BCUT2D eigenvalue weighted by atomic mass is 35.5. The smallest absolute Gasteiger partial charge is 0.233 e. The summed E-state index contributed by atoms with van der Waals surface area (Å²) in [5, 5.41) is 0.334. The molecule has 0 radical (unpaired) electrons. The first-order chi connectivity index (χ1) is 5.83. The molecule has 0 bridgehead atoms. The predicted octanol–water partition coefficient (Wildman–Crippen LogP) is 1.28. The van der Waals surface area contributed by atoms with Crippen molar-refractivity contribution >= 4 is 24.0 Å². The van der Waals surface area contributed by atoms with Crippen molar-refractivity contribution in [3.63, 3.8) is 0 Å². The lowest BCUT2D eigenvalue weighted by Crippen LogP contribution is -2.06. The summed E-state index contributed by atoms with van der Waals surface area (Å²) in [7, 11) is 0. The topological polar surface area (TPSA) is 61.0 Å². The van der Waals surface area contributed by atoms with E-state index in [0.717, 1.165) is 6.42 Å². The fourth-order valence-electron chi connectivity index (χ4n) is 0.655. The molecule has 0 aliphatic heterocycles. The molecule has 2 N–H and O–H groups in total. The Kier molecular flexibility index (Phi) is 6.58. The number of halogens is 2. The standard InChI is InChI=1S/C7H10ClN3O.ClH/c8-6-4-10-5-7(11-6)12-3-1-2-9;/h4-5H,1-3,9H2;1H. The van der Waals surface area contributed by atoms with Crippen LogP contribution in [-0.2, 0) is 0 Å². The molecule has 4 nitrogen and oxygen atoms in total. The second-order valence-corrected chi connectivity index (χ2v) is 2.56. The van der Waals surface area contributed by atoms with E-state index in [4.69, 9.17) is 22.1 Å². The molecule has 13 heavy (non-hydrogen) atoms. The van der Waals surface area contributed by atoms with Crippen LogP contribution in [0.3, 0.4) is 0 Å². The highest BCUT2D eigenvalue weighted by Gasteiger charge is 1.95. The van der Waals surface area contributed by atoms with Crippen molar-refractivity contribution in [3.8, 4) is 5.88 Å². The van der Waals surface area contributed by atoms with Gasteiger partial charge >= 0.3 is 0 Å². The second-order valence-electron chi connectivity index (χ2n) is 2.17. The molecule has 0 fully saturated rings. The van der Waals surface area contributed by atoms with Crippen molar-refractivity contribution in [2.45, 2.75) is 6.42 Å². The van der Waals surface area contributed by atoms with Crippen LogP contribution in [0, 0.1) is 0 Å². The number of ether oxygens (including phenoxy) is 1. The molecular weight excluding hydrogens is 213 g/mol. The third-order valence-corrected chi connectivity index (χ3v) is 1.36. The van der Waals surface area contributed by atoms with E-state index in [9.17, 15) is 0 Å². The van der Waals surface area contributed by atoms with E-state index in [0.29, 0.717) is 24.2 Å². The van der Waals surface area contributed by atoms with Gasteiger partial charge < -0.3 is 10.5 Å². The Bertz CT molecular complexity index is 247.